The Kier molecular flexibility index (Phi) is 5.23. The lowest BCUT2D eigenvalue weighted by Crippen LogP contribution is -2.44. The molecule has 0 bridgehead atoms. The highest BCUT2D eigenvalue weighted by Gasteiger charge is 2.30. The Labute approximate surface area is 172 Å². The maximum atomic E-state index is 12.6. The highest BCUT2D eigenvalue weighted by atomic mass is 35.5. The molecule has 0 spiro atoms. The summed E-state index contributed by atoms with van der Waals surface area (Å²) in [6.07, 6.45) is 5.84. The third kappa shape index (κ3) is 3.83. The molecule has 1 amide bonds. The van der Waals surface area contributed by atoms with Gasteiger partial charge < -0.3 is 10.2 Å². The Morgan fingerprint density at radius 2 is 2.07 bits per heavy atom. The van der Waals surface area contributed by atoms with Crippen LogP contribution in [0.25, 0.3) is 11.0 Å². The zero-order valence-electron chi connectivity index (χ0n) is 15.2. The van der Waals surface area contributed by atoms with E-state index in [1.165, 1.54) is 6.33 Å². The number of carbonyl (C=O) groups is 1. The first-order valence-corrected chi connectivity index (χ1v) is 9.61. The van der Waals surface area contributed by atoms with Crippen molar-refractivity contribution >= 4 is 45.8 Å². The van der Waals surface area contributed by atoms with Gasteiger partial charge in [-0.1, -0.05) is 23.2 Å². The Bertz CT molecular complexity index is 988. The average molecular weight is 420 g/mol. The number of anilines is 1. The first-order valence-electron chi connectivity index (χ1n) is 8.86. The quantitative estimate of drug-likeness (QED) is 0.683. The highest BCUT2D eigenvalue weighted by Crippen LogP contribution is 2.22. The minimum absolute atomic E-state index is 0.0275. The van der Waals surface area contributed by atoms with Crippen LogP contribution in [0.15, 0.2) is 36.9 Å². The number of hydrogen-bond donors (Lipinski definition) is 1. The topological polar surface area (TPSA) is 79.2 Å². The number of nitrogens with one attached hydrogen (secondary N) is 1. The molecule has 8 nitrogen and oxygen atoms in total. The van der Waals surface area contributed by atoms with Gasteiger partial charge in [-0.25, -0.2) is 9.97 Å². The zero-order chi connectivity index (χ0) is 19.7. The molecule has 4 rings (SSSR count). The molecule has 2 aromatic heterocycles. The number of likely N-dealkylation sites (tertiary alicyclic amines) is 1. The number of rotatable bonds is 5. The summed E-state index contributed by atoms with van der Waals surface area (Å²) in [5, 5.41) is 11.4. The molecule has 1 fully saturated rings. The fourth-order valence-corrected chi connectivity index (χ4v) is 3.89. The summed E-state index contributed by atoms with van der Waals surface area (Å²) in [5.74, 6) is 0.0275. The van der Waals surface area contributed by atoms with Gasteiger partial charge in [0.25, 0.3) is 0 Å². The number of likely N-dealkylation sites (N-methyl/N-ethyl adjacent to an activating group) is 1. The van der Waals surface area contributed by atoms with Crippen molar-refractivity contribution in [1.29, 1.82) is 0 Å². The molecule has 1 aromatic carbocycles. The van der Waals surface area contributed by atoms with Gasteiger partial charge in [-0.05, 0) is 24.6 Å². The van der Waals surface area contributed by atoms with E-state index >= 15 is 0 Å². The number of benzene rings is 1. The van der Waals surface area contributed by atoms with E-state index in [9.17, 15) is 4.79 Å². The normalized spacial score (nSPS) is 16.5. The molecule has 0 aliphatic carbocycles. The second-order valence-corrected chi connectivity index (χ2v) is 7.58. The van der Waals surface area contributed by atoms with Crippen LogP contribution >= 0.6 is 23.2 Å². The summed E-state index contributed by atoms with van der Waals surface area (Å²) in [4.78, 5) is 24.5. The number of nitrogens with zero attached hydrogens (tertiary/aromatic N) is 6. The number of hydrogen-bond acceptors (Lipinski definition) is 6. The first kappa shape index (κ1) is 18.8. The molecule has 3 aromatic rings. The summed E-state index contributed by atoms with van der Waals surface area (Å²) in [7, 11) is 1.96. The van der Waals surface area contributed by atoms with Crippen LogP contribution in [0.4, 0.5) is 5.69 Å². The summed E-state index contributed by atoms with van der Waals surface area (Å²) < 4.78 is 0. The minimum Gasteiger partial charge on any atom is -0.376 e. The van der Waals surface area contributed by atoms with Crippen LogP contribution < -0.4 is 10.3 Å². The Hall–Kier alpha value is -2.58. The van der Waals surface area contributed by atoms with Crippen molar-refractivity contribution in [1.82, 2.24) is 24.8 Å². The lowest BCUT2D eigenvalue weighted by molar-refractivity contribution is -0.128. The van der Waals surface area contributed by atoms with Crippen molar-refractivity contribution in [2.45, 2.75) is 12.5 Å². The van der Waals surface area contributed by atoms with Crippen LogP contribution in [-0.2, 0) is 4.79 Å². The van der Waals surface area contributed by atoms with E-state index in [2.05, 4.69) is 20.4 Å². The van der Waals surface area contributed by atoms with Crippen LogP contribution in [-0.4, -0.2) is 63.4 Å². The van der Waals surface area contributed by atoms with Crippen LogP contribution in [0.3, 0.4) is 0 Å². The molecule has 3 heterocycles. The number of amides is 1. The molecule has 0 radical (unpaired) electrons. The van der Waals surface area contributed by atoms with E-state index in [1.807, 2.05) is 17.0 Å². The smallest absolute Gasteiger partial charge is 0.241 e. The van der Waals surface area contributed by atoms with Crippen molar-refractivity contribution in [3.63, 3.8) is 0 Å². The largest absolute Gasteiger partial charge is 0.376 e. The second kappa shape index (κ2) is 7.81. The maximum Gasteiger partial charge on any atom is 0.241 e. The molecule has 10 heteroatoms. The lowest BCUT2D eigenvalue weighted by atomic mass is 10.2. The van der Waals surface area contributed by atoms with Crippen molar-refractivity contribution in [3.05, 3.63) is 47.0 Å². The zero-order valence-corrected chi connectivity index (χ0v) is 16.7. The van der Waals surface area contributed by atoms with E-state index in [0.29, 0.717) is 23.1 Å². The van der Waals surface area contributed by atoms with Gasteiger partial charge in [0.2, 0.25) is 5.91 Å². The minimum atomic E-state index is 0.0275. The molecule has 1 aliphatic heterocycles. The number of aromatic nitrogens is 4. The molecular weight excluding hydrogens is 401 g/mol. The van der Waals surface area contributed by atoms with E-state index in [-0.39, 0.29) is 18.5 Å². The molecule has 1 aliphatic rings. The summed E-state index contributed by atoms with van der Waals surface area (Å²) in [5.41, 5.74) is 1.48. The van der Waals surface area contributed by atoms with Gasteiger partial charge in [0.15, 0.2) is 5.65 Å². The maximum absolute atomic E-state index is 12.6. The average Bonchev–Trinajstić information content (AvgIpc) is 3.32. The second-order valence-electron chi connectivity index (χ2n) is 6.70. The fraction of sp³-hybridized carbons (Fsp3) is 0.333. The highest BCUT2D eigenvalue weighted by molar-refractivity contribution is 6.35. The van der Waals surface area contributed by atoms with Crippen molar-refractivity contribution in [2.75, 3.05) is 37.0 Å². The predicted octanol–water partition coefficient (Wildman–Crippen LogP) is 2.41. The molecule has 1 N–H and O–H groups in total. The molecule has 1 saturated heterocycles. The molecule has 1 atom stereocenters. The third-order valence-corrected chi connectivity index (χ3v) is 5.30. The third-order valence-electron chi connectivity index (χ3n) is 4.86. The van der Waals surface area contributed by atoms with Gasteiger partial charge in [-0.2, -0.15) is 9.89 Å². The van der Waals surface area contributed by atoms with E-state index in [0.717, 1.165) is 23.1 Å². The Morgan fingerprint density at radius 3 is 2.86 bits per heavy atom. The van der Waals surface area contributed by atoms with E-state index in [1.54, 1.807) is 35.4 Å². The number of halogens is 2. The van der Waals surface area contributed by atoms with Gasteiger partial charge in [-0.15, -0.1) is 0 Å². The van der Waals surface area contributed by atoms with Crippen LogP contribution in [0, 0.1) is 0 Å². The summed E-state index contributed by atoms with van der Waals surface area (Å²) in [6, 6.07) is 5.29. The molecule has 0 saturated carbocycles. The lowest BCUT2D eigenvalue weighted by Gasteiger charge is -2.26. The standard InChI is InChI=1S/C18H19Cl2N7O/c1-25(27-18-12(8-24-27)7-21-11-23-18)16-2-3-26(10-16)17(28)9-22-15-5-13(19)4-14(20)6-15/h4-8,11,16,22H,2-3,9-10H2,1H3/t16-/m0/s1. The van der Waals surface area contributed by atoms with Gasteiger partial charge >= 0.3 is 0 Å². The molecule has 146 valence electrons. The van der Waals surface area contributed by atoms with Crippen LogP contribution in [0.2, 0.25) is 10.0 Å². The van der Waals surface area contributed by atoms with Gasteiger partial charge in [0.05, 0.1) is 24.2 Å². The van der Waals surface area contributed by atoms with Crippen molar-refractivity contribution in [3.8, 4) is 0 Å². The van der Waals surface area contributed by atoms with Crippen LogP contribution in [0.1, 0.15) is 6.42 Å². The van der Waals surface area contributed by atoms with Crippen LogP contribution in [0.5, 0.6) is 0 Å². The van der Waals surface area contributed by atoms with Crippen molar-refractivity contribution in [2.24, 2.45) is 0 Å². The number of fused-ring (bicyclic) bond motifs is 1. The molecular formula is C18H19Cl2N7O. The predicted molar refractivity (Wildman–Crippen MR) is 109 cm³/mol. The fourth-order valence-electron chi connectivity index (χ4n) is 3.37. The van der Waals surface area contributed by atoms with Crippen molar-refractivity contribution < 1.29 is 4.79 Å². The first-order chi connectivity index (χ1) is 13.5. The molecule has 0 unspecified atom stereocenters. The van der Waals surface area contributed by atoms with E-state index < -0.39 is 0 Å². The monoisotopic (exact) mass is 419 g/mol. The Morgan fingerprint density at radius 1 is 1.29 bits per heavy atom. The van der Waals surface area contributed by atoms with Gasteiger partial charge in [0, 0.05) is 42.1 Å². The molecule has 28 heavy (non-hydrogen) atoms. The SMILES string of the molecule is CN([C@H]1CCN(C(=O)CNc2cc(Cl)cc(Cl)c2)C1)n1ncc2cncnc21. The van der Waals surface area contributed by atoms with Gasteiger partial charge in [0.1, 0.15) is 6.33 Å². The van der Waals surface area contributed by atoms with Gasteiger partial charge in [-0.3, -0.25) is 9.80 Å². The Balaban J connectivity index is 1.37. The summed E-state index contributed by atoms with van der Waals surface area (Å²) in [6.45, 7) is 1.50. The summed E-state index contributed by atoms with van der Waals surface area (Å²) >= 11 is 12.0. The number of carbonyl (C=O) groups excluding carboxylic acids is 1. The van der Waals surface area contributed by atoms with E-state index in [4.69, 9.17) is 23.2 Å².